The van der Waals surface area contributed by atoms with Crippen LogP contribution < -0.4 is 11.0 Å². The van der Waals surface area contributed by atoms with Crippen LogP contribution in [0.15, 0.2) is 47.3 Å². The molecule has 3 rings (SSSR count). The van der Waals surface area contributed by atoms with E-state index in [1.54, 1.807) is 25.1 Å². The molecule has 1 aromatic heterocycles. The molecule has 1 heterocycles. The van der Waals surface area contributed by atoms with Crippen LogP contribution in [-0.2, 0) is 22.4 Å². The van der Waals surface area contributed by atoms with E-state index in [1.165, 1.54) is 0 Å². The van der Waals surface area contributed by atoms with Crippen molar-refractivity contribution in [2.75, 3.05) is 5.32 Å². The minimum atomic E-state index is -0.279. The van der Waals surface area contributed by atoms with Crippen LogP contribution in [0.1, 0.15) is 18.1 Å². The first kappa shape index (κ1) is 15.7. The standard InChI is InChI=1S/C18H17N3O3/c1-11(22)8-12-2-4-13(5-3-12)9-17(23)19-14-6-7-15-16(10-14)21-18(24)20-15/h2-7,10H,8-9H2,1H3,(H,19,23)(H2,20,21,24). The van der Waals surface area contributed by atoms with Gasteiger partial charge in [0.2, 0.25) is 5.91 Å². The van der Waals surface area contributed by atoms with Gasteiger partial charge in [0.15, 0.2) is 0 Å². The number of aromatic nitrogens is 2. The lowest BCUT2D eigenvalue weighted by molar-refractivity contribution is -0.116. The molecule has 3 N–H and O–H groups in total. The van der Waals surface area contributed by atoms with E-state index in [-0.39, 0.29) is 23.8 Å². The molecule has 0 aliphatic carbocycles. The van der Waals surface area contributed by atoms with Gasteiger partial charge in [-0.2, -0.15) is 0 Å². The number of ketones is 1. The summed E-state index contributed by atoms with van der Waals surface area (Å²) in [5, 5.41) is 2.81. The minimum Gasteiger partial charge on any atom is -0.326 e. The molecule has 0 saturated carbocycles. The van der Waals surface area contributed by atoms with Crippen molar-refractivity contribution in [2.24, 2.45) is 0 Å². The highest BCUT2D eigenvalue weighted by Gasteiger charge is 2.06. The molecule has 122 valence electrons. The molecule has 3 aromatic rings. The highest BCUT2D eigenvalue weighted by molar-refractivity contribution is 5.94. The fourth-order valence-corrected chi connectivity index (χ4v) is 2.56. The van der Waals surface area contributed by atoms with Gasteiger partial charge in [-0.1, -0.05) is 24.3 Å². The quantitative estimate of drug-likeness (QED) is 0.671. The summed E-state index contributed by atoms with van der Waals surface area (Å²) >= 11 is 0. The van der Waals surface area contributed by atoms with Gasteiger partial charge in [0, 0.05) is 12.1 Å². The van der Waals surface area contributed by atoms with Crippen LogP contribution in [0.4, 0.5) is 5.69 Å². The van der Waals surface area contributed by atoms with E-state index in [2.05, 4.69) is 15.3 Å². The van der Waals surface area contributed by atoms with Crippen molar-refractivity contribution < 1.29 is 9.59 Å². The van der Waals surface area contributed by atoms with Crippen molar-refractivity contribution in [1.82, 2.24) is 9.97 Å². The fraction of sp³-hybridized carbons (Fsp3) is 0.167. The molecule has 0 aliphatic heterocycles. The summed E-state index contributed by atoms with van der Waals surface area (Å²) in [6.07, 6.45) is 0.642. The van der Waals surface area contributed by atoms with E-state index in [1.807, 2.05) is 24.3 Å². The van der Waals surface area contributed by atoms with Crippen LogP contribution in [0.25, 0.3) is 11.0 Å². The first-order valence-corrected chi connectivity index (χ1v) is 7.59. The first-order chi connectivity index (χ1) is 11.5. The number of hydrogen-bond donors (Lipinski definition) is 3. The van der Waals surface area contributed by atoms with Gasteiger partial charge in [-0.25, -0.2) is 4.79 Å². The first-order valence-electron chi connectivity index (χ1n) is 7.59. The molecule has 0 spiro atoms. The van der Waals surface area contributed by atoms with Gasteiger partial charge < -0.3 is 15.3 Å². The van der Waals surface area contributed by atoms with Crippen molar-refractivity contribution in [3.63, 3.8) is 0 Å². The van der Waals surface area contributed by atoms with Crippen LogP contribution in [0.3, 0.4) is 0 Å². The lowest BCUT2D eigenvalue weighted by Gasteiger charge is -2.06. The Morgan fingerprint density at radius 1 is 0.917 bits per heavy atom. The predicted molar refractivity (Wildman–Crippen MR) is 92.1 cm³/mol. The van der Waals surface area contributed by atoms with Crippen LogP contribution >= 0.6 is 0 Å². The second-order valence-electron chi connectivity index (χ2n) is 5.76. The number of anilines is 1. The Hall–Kier alpha value is -3.15. The Balaban J connectivity index is 1.65. The normalized spacial score (nSPS) is 10.7. The Bertz CT molecular complexity index is 952. The summed E-state index contributed by atoms with van der Waals surface area (Å²) in [7, 11) is 0. The average Bonchev–Trinajstić information content (AvgIpc) is 2.88. The molecule has 6 nitrogen and oxygen atoms in total. The van der Waals surface area contributed by atoms with Crippen molar-refractivity contribution in [2.45, 2.75) is 19.8 Å². The third-order valence-electron chi connectivity index (χ3n) is 3.64. The van der Waals surface area contributed by atoms with E-state index in [9.17, 15) is 14.4 Å². The zero-order chi connectivity index (χ0) is 17.1. The molecule has 1 amide bonds. The number of carbonyl (C=O) groups is 2. The van der Waals surface area contributed by atoms with Crippen molar-refractivity contribution in [3.8, 4) is 0 Å². The number of amides is 1. The number of imidazole rings is 1. The van der Waals surface area contributed by atoms with Gasteiger partial charge in [0.25, 0.3) is 0 Å². The number of benzene rings is 2. The number of hydrogen-bond acceptors (Lipinski definition) is 3. The summed E-state index contributed by atoms with van der Waals surface area (Å²) in [4.78, 5) is 39.8. The molecule has 0 fully saturated rings. The van der Waals surface area contributed by atoms with Crippen LogP contribution in [0, 0.1) is 0 Å². The third-order valence-corrected chi connectivity index (χ3v) is 3.64. The number of carbonyl (C=O) groups excluding carboxylic acids is 2. The zero-order valence-corrected chi connectivity index (χ0v) is 13.2. The average molecular weight is 323 g/mol. The summed E-state index contributed by atoms with van der Waals surface area (Å²) in [6, 6.07) is 12.6. The van der Waals surface area contributed by atoms with Gasteiger partial charge in [0.05, 0.1) is 17.5 Å². The van der Waals surface area contributed by atoms with Crippen LogP contribution in [0.5, 0.6) is 0 Å². The Labute approximate surface area is 137 Å². The molecular weight excluding hydrogens is 306 g/mol. The van der Waals surface area contributed by atoms with E-state index in [0.717, 1.165) is 11.1 Å². The fourth-order valence-electron chi connectivity index (χ4n) is 2.56. The number of H-pyrrole nitrogens is 2. The van der Waals surface area contributed by atoms with Gasteiger partial charge in [-0.15, -0.1) is 0 Å². The molecular formula is C18H17N3O3. The maximum absolute atomic E-state index is 12.1. The number of aromatic amines is 2. The van der Waals surface area contributed by atoms with E-state index < -0.39 is 0 Å². The summed E-state index contributed by atoms with van der Waals surface area (Å²) < 4.78 is 0. The third kappa shape index (κ3) is 3.78. The number of nitrogens with one attached hydrogen (secondary N) is 3. The molecule has 0 atom stereocenters. The Morgan fingerprint density at radius 3 is 2.21 bits per heavy atom. The molecule has 0 radical (unpaired) electrons. The minimum absolute atomic E-state index is 0.110. The van der Waals surface area contributed by atoms with Crippen molar-refractivity contribution >= 4 is 28.4 Å². The predicted octanol–water partition coefficient (Wildman–Crippen LogP) is 2.17. The molecule has 6 heteroatoms. The van der Waals surface area contributed by atoms with Crippen molar-refractivity contribution in [1.29, 1.82) is 0 Å². The maximum atomic E-state index is 12.1. The summed E-state index contributed by atoms with van der Waals surface area (Å²) in [6.45, 7) is 1.55. The van der Waals surface area contributed by atoms with Gasteiger partial charge in [-0.05, 0) is 36.2 Å². The molecule has 0 saturated heterocycles. The highest BCUT2D eigenvalue weighted by Crippen LogP contribution is 2.15. The monoisotopic (exact) mass is 323 g/mol. The highest BCUT2D eigenvalue weighted by atomic mass is 16.2. The summed E-state index contributed by atoms with van der Waals surface area (Å²) in [5.41, 5.74) is 3.49. The lowest BCUT2D eigenvalue weighted by atomic mass is 10.1. The number of rotatable bonds is 5. The van der Waals surface area contributed by atoms with Gasteiger partial charge >= 0.3 is 5.69 Å². The zero-order valence-electron chi connectivity index (χ0n) is 13.2. The van der Waals surface area contributed by atoms with E-state index >= 15 is 0 Å². The van der Waals surface area contributed by atoms with E-state index in [0.29, 0.717) is 23.1 Å². The SMILES string of the molecule is CC(=O)Cc1ccc(CC(=O)Nc2ccc3[nH]c(=O)[nH]c3c2)cc1. The molecule has 0 unspecified atom stereocenters. The van der Waals surface area contributed by atoms with E-state index in [4.69, 9.17) is 0 Å². The summed E-state index contributed by atoms with van der Waals surface area (Å²) in [5.74, 6) is -0.0368. The smallest absolute Gasteiger partial charge is 0.323 e. The van der Waals surface area contributed by atoms with Crippen LogP contribution in [-0.4, -0.2) is 21.7 Å². The second kappa shape index (κ2) is 6.54. The van der Waals surface area contributed by atoms with Gasteiger partial charge in [-0.3, -0.25) is 9.59 Å². The lowest BCUT2D eigenvalue weighted by Crippen LogP contribution is -2.14. The second-order valence-corrected chi connectivity index (χ2v) is 5.76. The topological polar surface area (TPSA) is 94.8 Å². The Morgan fingerprint density at radius 2 is 1.54 bits per heavy atom. The van der Waals surface area contributed by atoms with Crippen LogP contribution in [0.2, 0.25) is 0 Å². The largest absolute Gasteiger partial charge is 0.326 e. The molecule has 0 bridgehead atoms. The number of fused-ring (bicyclic) bond motifs is 1. The van der Waals surface area contributed by atoms with Gasteiger partial charge in [0.1, 0.15) is 5.78 Å². The Kier molecular flexibility index (Phi) is 4.29. The molecule has 24 heavy (non-hydrogen) atoms. The number of Topliss-reactive ketones (excluding diaryl/α,β-unsaturated/α-hetero) is 1. The molecule has 0 aliphatic rings. The maximum Gasteiger partial charge on any atom is 0.323 e. The molecule has 2 aromatic carbocycles. The van der Waals surface area contributed by atoms with Crippen molar-refractivity contribution in [3.05, 3.63) is 64.1 Å².